The van der Waals surface area contributed by atoms with E-state index in [0.29, 0.717) is 6.61 Å². The number of aromatic nitrogens is 2. The molecule has 0 aliphatic carbocycles. The molecule has 0 spiro atoms. The number of hydrogen-bond acceptors (Lipinski definition) is 3. The van der Waals surface area contributed by atoms with Crippen molar-refractivity contribution in [1.82, 2.24) is 9.55 Å². The van der Waals surface area contributed by atoms with Crippen molar-refractivity contribution >= 4 is 0 Å². The molecule has 0 atom stereocenters. The molecule has 1 heterocycles. The quantitative estimate of drug-likeness (QED) is 0.698. The number of nitrogens with zero attached hydrogens (tertiary/aromatic N) is 2. The second-order valence-corrected chi connectivity index (χ2v) is 4.92. The van der Waals surface area contributed by atoms with Crippen LogP contribution < -0.4 is 9.47 Å². The van der Waals surface area contributed by atoms with Gasteiger partial charge in [0, 0.05) is 25.0 Å². The van der Waals surface area contributed by atoms with Gasteiger partial charge in [0.2, 0.25) is 0 Å². The van der Waals surface area contributed by atoms with Crippen LogP contribution >= 0.6 is 0 Å². The van der Waals surface area contributed by atoms with Gasteiger partial charge in [-0.05, 0) is 17.7 Å². The van der Waals surface area contributed by atoms with Crippen molar-refractivity contribution < 1.29 is 9.47 Å². The third-order valence-corrected chi connectivity index (χ3v) is 3.41. The molecular weight excluding hydrogens is 276 g/mol. The fourth-order valence-electron chi connectivity index (χ4n) is 2.24. The summed E-state index contributed by atoms with van der Waals surface area (Å²) in [7, 11) is 1.64. The Morgan fingerprint density at radius 1 is 1.00 bits per heavy atom. The lowest BCUT2D eigenvalue weighted by molar-refractivity contribution is 0.288. The van der Waals surface area contributed by atoms with E-state index in [1.165, 1.54) is 5.56 Å². The molecule has 0 fully saturated rings. The average molecular weight is 294 g/mol. The van der Waals surface area contributed by atoms with Crippen LogP contribution in [0.2, 0.25) is 0 Å². The van der Waals surface area contributed by atoms with E-state index in [1.807, 2.05) is 48.7 Å². The van der Waals surface area contributed by atoms with Gasteiger partial charge in [-0.3, -0.25) is 0 Å². The highest BCUT2D eigenvalue weighted by atomic mass is 16.5. The topological polar surface area (TPSA) is 36.3 Å². The number of ether oxygens (including phenoxy) is 2. The first-order valence-electron chi connectivity index (χ1n) is 7.16. The minimum Gasteiger partial charge on any atom is -0.497 e. The van der Waals surface area contributed by atoms with E-state index in [-0.39, 0.29) is 0 Å². The third-order valence-electron chi connectivity index (χ3n) is 3.41. The van der Waals surface area contributed by atoms with Crippen LogP contribution in [0.1, 0.15) is 11.4 Å². The predicted molar refractivity (Wildman–Crippen MR) is 85.1 cm³/mol. The Morgan fingerprint density at radius 2 is 1.82 bits per heavy atom. The molecule has 4 nitrogen and oxygen atoms in total. The molecule has 0 saturated carbocycles. The van der Waals surface area contributed by atoms with Gasteiger partial charge in [-0.1, -0.05) is 36.4 Å². The summed E-state index contributed by atoms with van der Waals surface area (Å²) in [6.45, 7) is 1.21. The zero-order chi connectivity index (χ0) is 15.2. The molecule has 0 aliphatic rings. The molecule has 0 bridgehead atoms. The maximum Gasteiger partial charge on any atom is 0.147 e. The van der Waals surface area contributed by atoms with Crippen LogP contribution in [-0.2, 0) is 13.2 Å². The summed E-state index contributed by atoms with van der Waals surface area (Å²) in [5, 5.41) is 0. The monoisotopic (exact) mass is 294 g/mol. The fraction of sp³-hybridized carbons (Fsp3) is 0.167. The van der Waals surface area contributed by atoms with Gasteiger partial charge in [-0.2, -0.15) is 0 Å². The first-order chi connectivity index (χ1) is 10.8. The second kappa shape index (κ2) is 6.80. The summed E-state index contributed by atoms with van der Waals surface area (Å²) in [6.07, 6.45) is 3.77. The molecule has 0 N–H and O–H groups in total. The zero-order valence-corrected chi connectivity index (χ0v) is 12.5. The SMILES string of the molecule is COc1cccc(OCc2nccn2Cc2ccccc2)c1. The average Bonchev–Trinajstić information content (AvgIpc) is 3.01. The number of hydrogen-bond donors (Lipinski definition) is 0. The van der Waals surface area contributed by atoms with Crippen molar-refractivity contribution in [2.45, 2.75) is 13.2 Å². The van der Waals surface area contributed by atoms with Crippen LogP contribution in [0.25, 0.3) is 0 Å². The van der Waals surface area contributed by atoms with Crippen LogP contribution in [0.15, 0.2) is 67.0 Å². The van der Waals surface area contributed by atoms with Gasteiger partial charge in [-0.25, -0.2) is 4.98 Å². The number of imidazole rings is 1. The number of benzene rings is 2. The van der Waals surface area contributed by atoms with Gasteiger partial charge < -0.3 is 14.0 Å². The summed E-state index contributed by atoms with van der Waals surface area (Å²) in [5.41, 5.74) is 1.24. The van der Waals surface area contributed by atoms with Crippen molar-refractivity contribution in [2.24, 2.45) is 0 Å². The fourth-order valence-corrected chi connectivity index (χ4v) is 2.24. The van der Waals surface area contributed by atoms with E-state index >= 15 is 0 Å². The molecule has 3 aromatic rings. The Labute approximate surface area is 130 Å². The smallest absolute Gasteiger partial charge is 0.147 e. The summed E-state index contributed by atoms with van der Waals surface area (Å²) in [6, 6.07) is 17.9. The predicted octanol–water partition coefficient (Wildman–Crippen LogP) is 3.52. The highest BCUT2D eigenvalue weighted by Gasteiger charge is 2.05. The van der Waals surface area contributed by atoms with Crippen molar-refractivity contribution in [3.8, 4) is 11.5 Å². The molecule has 4 heteroatoms. The Morgan fingerprint density at radius 3 is 2.64 bits per heavy atom. The summed E-state index contributed by atoms with van der Waals surface area (Å²) < 4.78 is 13.1. The number of rotatable bonds is 6. The maximum atomic E-state index is 5.81. The Bertz CT molecular complexity index is 723. The van der Waals surface area contributed by atoms with E-state index in [2.05, 4.69) is 21.7 Å². The van der Waals surface area contributed by atoms with Crippen LogP contribution in [0.3, 0.4) is 0 Å². The minimum absolute atomic E-state index is 0.424. The van der Waals surface area contributed by atoms with Gasteiger partial charge in [0.15, 0.2) is 0 Å². The van der Waals surface area contributed by atoms with Gasteiger partial charge in [0.1, 0.15) is 23.9 Å². The molecule has 112 valence electrons. The van der Waals surface area contributed by atoms with E-state index in [0.717, 1.165) is 23.9 Å². The zero-order valence-electron chi connectivity index (χ0n) is 12.5. The first kappa shape index (κ1) is 14.2. The van der Waals surface area contributed by atoms with Crippen LogP contribution in [0.4, 0.5) is 0 Å². The first-order valence-corrected chi connectivity index (χ1v) is 7.16. The third kappa shape index (κ3) is 3.47. The van der Waals surface area contributed by atoms with Crippen LogP contribution in [0.5, 0.6) is 11.5 Å². The summed E-state index contributed by atoms with van der Waals surface area (Å²) in [5.74, 6) is 2.45. The molecule has 0 saturated heterocycles. The maximum absolute atomic E-state index is 5.81. The molecule has 0 aliphatic heterocycles. The van der Waals surface area contributed by atoms with Gasteiger partial charge in [-0.15, -0.1) is 0 Å². The van der Waals surface area contributed by atoms with Crippen molar-refractivity contribution in [3.63, 3.8) is 0 Å². The lowest BCUT2D eigenvalue weighted by Crippen LogP contribution is -2.07. The Hall–Kier alpha value is -2.75. The molecule has 2 aromatic carbocycles. The number of methoxy groups -OCH3 is 1. The molecule has 1 aromatic heterocycles. The Balaban J connectivity index is 1.67. The highest BCUT2D eigenvalue weighted by molar-refractivity contribution is 5.32. The van der Waals surface area contributed by atoms with E-state index < -0.39 is 0 Å². The molecular formula is C18H18N2O2. The van der Waals surface area contributed by atoms with Crippen LogP contribution in [0, 0.1) is 0 Å². The van der Waals surface area contributed by atoms with Gasteiger partial charge >= 0.3 is 0 Å². The lowest BCUT2D eigenvalue weighted by atomic mass is 10.2. The summed E-state index contributed by atoms with van der Waals surface area (Å²) in [4.78, 5) is 4.38. The molecule has 22 heavy (non-hydrogen) atoms. The van der Waals surface area contributed by atoms with E-state index in [1.54, 1.807) is 13.3 Å². The van der Waals surface area contributed by atoms with E-state index in [9.17, 15) is 0 Å². The van der Waals surface area contributed by atoms with Crippen LogP contribution in [-0.4, -0.2) is 16.7 Å². The van der Waals surface area contributed by atoms with E-state index in [4.69, 9.17) is 9.47 Å². The molecule has 0 unspecified atom stereocenters. The van der Waals surface area contributed by atoms with Gasteiger partial charge in [0.05, 0.1) is 7.11 Å². The molecule has 0 amide bonds. The minimum atomic E-state index is 0.424. The second-order valence-electron chi connectivity index (χ2n) is 4.92. The Kier molecular flexibility index (Phi) is 4.39. The van der Waals surface area contributed by atoms with Crippen molar-refractivity contribution in [1.29, 1.82) is 0 Å². The highest BCUT2D eigenvalue weighted by Crippen LogP contribution is 2.19. The molecule has 3 rings (SSSR count). The largest absolute Gasteiger partial charge is 0.497 e. The molecule has 0 radical (unpaired) electrons. The van der Waals surface area contributed by atoms with Crippen molar-refractivity contribution in [3.05, 3.63) is 78.4 Å². The summed E-state index contributed by atoms with van der Waals surface area (Å²) >= 11 is 0. The van der Waals surface area contributed by atoms with Gasteiger partial charge in [0.25, 0.3) is 0 Å². The normalized spacial score (nSPS) is 10.4. The lowest BCUT2D eigenvalue weighted by Gasteiger charge is -2.10. The standard InChI is InChI=1S/C18H18N2O2/c1-21-16-8-5-9-17(12-16)22-14-18-19-10-11-20(18)13-15-6-3-2-4-7-15/h2-12H,13-14H2,1H3. The van der Waals surface area contributed by atoms with Crippen molar-refractivity contribution in [2.75, 3.05) is 7.11 Å².